The smallest absolute Gasteiger partial charge is 0.223 e. The number of benzene rings is 1. The van der Waals surface area contributed by atoms with Crippen molar-refractivity contribution in [1.29, 1.82) is 0 Å². The van der Waals surface area contributed by atoms with Crippen molar-refractivity contribution in [3.63, 3.8) is 0 Å². The average molecular weight is 534 g/mol. The number of rotatable bonds is 9. The maximum Gasteiger partial charge on any atom is 0.223 e. The van der Waals surface area contributed by atoms with E-state index < -0.39 is 11.0 Å². The molecule has 0 bridgehead atoms. The summed E-state index contributed by atoms with van der Waals surface area (Å²) in [6.07, 6.45) is 4.06. The van der Waals surface area contributed by atoms with E-state index in [9.17, 15) is 9.00 Å². The van der Waals surface area contributed by atoms with Crippen LogP contribution in [0.15, 0.2) is 17.0 Å². The van der Waals surface area contributed by atoms with Crippen LogP contribution in [0.3, 0.4) is 0 Å². The van der Waals surface area contributed by atoms with Gasteiger partial charge in [-0.25, -0.2) is 8.51 Å². The zero-order valence-corrected chi connectivity index (χ0v) is 24.4. The zero-order chi connectivity index (χ0) is 26.5. The van der Waals surface area contributed by atoms with Crippen molar-refractivity contribution in [2.24, 2.45) is 0 Å². The molecule has 0 saturated carbocycles. The van der Waals surface area contributed by atoms with E-state index in [2.05, 4.69) is 21.6 Å². The molecule has 8 nitrogen and oxygen atoms in total. The second-order valence-electron chi connectivity index (χ2n) is 11.0. The maximum atomic E-state index is 13.2. The van der Waals surface area contributed by atoms with Crippen molar-refractivity contribution < 1.29 is 13.7 Å². The summed E-state index contributed by atoms with van der Waals surface area (Å²) in [7, 11) is 2.17. The first-order valence-corrected chi connectivity index (χ1v) is 15.2. The lowest BCUT2D eigenvalue weighted by Crippen LogP contribution is -2.55. The first-order chi connectivity index (χ1) is 17.8. The van der Waals surface area contributed by atoms with Gasteiger partial charge in [0, 0.05) is 71.4 Å². The van der Waals surface area contributed by atoms with Crippen molar-refractivity contribution in [3.8, 4) is 5.75 Å². The predicted octanol–water partition coefficient (Wildman–Crippen LogP) is 2.36. The topological polar surface area (TPSA) is 59.6 Å². The Balaban J connectivity index is 1.20. The molecule has 3 aliphatic rings. The zero-order valence-electron chi connectivity index (χ0n) is 23.6. The van der Waals surface area contributed by atoms with E-state index in [4.69, 9.17) is 4.74 Å². The van der Waals surface area contributed by atoms with Crippen LogP contribution < -0.4 is 4.74 Å². The second-order valence-corrected chi connectivity index (χ2v) is 12.5. The van der Waals surface area contributed by atoms with E-state index in [0.717, 1.165) is 73.5 Å². The van der Waals surface area contributed by atoms with Crippen LogP contribution in [0.25, 0.3) is 0 Å². The fourth-order valence-corrected chi connectivity index (χ4v) is 7.53. The van der Waals surface area contributed by atoms with E-state index in [-0.39, 0.29) is 5.91 Å². The quantitative estimate of drug-likeness (QED) is 0.486. The van der Waals surface area contributed by atoms with Gasteiger partial charge in [0.05, 0.1) is 12.0 Å². The molecule has 208 valence electrons. The number of nitrogens with zero attached hydrogens (tertiary/aromatic N) is 5. The molecule has 0 spiro atoms. The van der Waals surface area contributed by atoms with Crippen molar-refractivity contribution in [2.45, 2.75) is 63.4 Å². The largest absolute Gasteiger partial charge is 0.497 e. The van der Waals surface area contributed by atoms with Crippen LogP contribution in [0.2, 0.25) is 0 Å². The Morgan fingerprint density at radius 1 is 0.973 bits per heavy atom. The Morgan fingerprint density at radius 3 is 2.11 bits per heavy atom. The number of hydrogen-bond donors (Lipinski definition) is 0. The Bertz CT molecular complexity index is 921. The third kappa shape index (κ3) is 6.92. The number of methoxy groups -OCH3 is 1. The molecule has 0 N–H and O–H groups in total. The summed E-state index contributed by atoms with van der Waals surface area (Å²) in [5.74, 6) is 0.951. The summed E-state index contributed by atoms with van der Waals surface area (Å²) < 4.78 is 20.3. The Kier molecular flexibility index (Phi) is 10.0. The third-order valence-electron chi connectivity index (χ3n) is 8.67. The molecule has 4 rings (SSSR count). The SMILES string of the molecule is CCN1CCC(N2CCN(C3CCN(C(=O)CCN(C)S(=O)c4c(C)cc(OC)cc4C)C3)CC2)CC1. The number of piperazine rings is 1. The van der Waals surface area contributed by atoms with Gasteiger partial charge in [0.15, 0.2) is 0 Å². The van der Waals surface area contributed by atoms with E-state index in [1.165, 1.54) is 32.5 Å². The molecular weight excluding hydrogens is 486 g/mol. The van der Waals surface area contributed by atoms with Crippen molar-refractivity contribution in [1.82, 2.24) is 23.9 Å². The van der Waals surface area contributed by atoms with Crippen LogP contribution in [0.4, 0.5) is 0 Å². The van der Waals surface area contributed by atoms with Crippen LogP contribution >= 0.6 is 0 Å². The molecule has 9 heteroatoms. The molecule has 1 amide bonds. The van der Waals surface area contributed by atoms with Crippen molar-refractivity contribution in [3.05, 3.63) is 23.3 Å². The number of aryl methyl sites for hydroxylation is 2. The summed E-state index contributed by atoms with van der Waals surface area (Å²) in [5, 5.41) is 0. The van der Waals surface area contributed by atoms with Crippen molar-refractivity contribution >= 4 is 16.9 Å². The summed E-state index contributed by atoms with van der Waals surface area (Å²) in [5.41, 5.74) is 1.89. The van der Waals surface area contributed by atoms with Crippen LogP contribution in [0.5, 0.6) is 5.75 Å². The monoisotopic (exact) mass is 533 g/mol. The number of ether oxygens (including phenoxy) is 1. The van der Waals surface area contributed by atoms with E-state index in [1.54, 1.807) is 11.4 Å². The first-order valence-electron chi connectivity index (χ1n) is 14.1. The van der Waals surface area contributed by atoms with Crippen LogP contribution in [-0.2, 0) is 15.8 Å². The molecule has 1 aromatic carbocycles. The van der Waals surface area contributed by atoms with Gasteiger partial charge in [0.1, 0.15) is 16.7 Å². The van der Waals surface area contributed by atoms with Gasteiger partial charge in [-0.05, 0) is 76.0 Å². The summed E-state index contributed by atoms with van der Waals surface area (Å²) in [6, 6.07) is 5.06. The van der Waals surface area contributed by atoms with Crippen LogP contribution in [0.1, 0.15) is 43.7 Å². The molecule has 3 heterocycles. The highest BCUT2D eigenvalue weighted by Crippen LogP contribution is 2.26. The molecule has 37 heavy (non-hydrogen) atoms. The van der Waals surface area contributed by atoms with Gasteiger partial charge in [-0.1, -0.05) is 6.92 Å². The molecule has 2 unspecified atom stereocenters. The third-order valence-corrected chi connectivity index (χ3v) is 10.4. The summed E-state index contributed by atoms with van der Waals surface area (Å²) >= 11 is 0. The summed E-state index contributed by atoms with van der Waals surface area (Å²) in [4.78, 5) is 23.7. The molecule has 0 aliphatic carbocycles. The molecular formula is C28H47N5O3S. The van der Waals surface area contributed by atoms with Gasteiger partial charge in [0.2, 0.25) is 5.91 Å². The lowest BCUT2D eigenvalue weighted by atomic mass is 10.0. The fourth-order valence-electron chi connectivity index (χ4n) is 6.29. The van der Waals surface area contributed by atoms with Gasteiger partial charge >= 0.3 is 0 Å². The van der Waals surface area contributed by atoms with Gasteiger partial charge in [-0.2, -0.15) is 0 Å². The summed E-state index contributed by atoms with van der Waals surface area (Å²) in [6.45, 7) is 16.5. The minimum atomic E-state index is -1.31. The normalized spacial score (nSPS) is 23.6. The molecule has 3 fully saturated rings. The minimum absolute atomic E-state index is 0.177. The second kappa shape index (κ2) is 13.0. The van der Waals surface area contributed by atoms with Gasteiger partial charge in [-0.15, -0.1) is 0 Å². The Hall–Kier alpha value is -1.52. The maximum absolute atomic E-state index is 13.2. The molecule has 0 radical (unpaired) electrons. The highest BCUT2D eigenvalue weighted by atomic mass is 32.2. The molecule has 2 atom stereocenters. The lowest BCUT2D eigenvalue weighted by Gasteiger charge is -2.44. The highest BCUT2D eigenvalue weighted by molar-refractivity contribution is 7.82. The number of piperidine rings is 1. The average Bonchev–Trinajstić information content (AvgIpc) is 3.41. The minimum Gasteiger partial charge on any atom is -0.497 e. The Morgan fingerprint density at radius 2 is 1.54 bits per heavy atom. The van der Waals surface area contributed by atoms with Crippen LogP contribution in [-0.4, -0.2) is 126 Å². The number of amides is 1. The van der Waals surface area contributed by atoms with Gasteiger partial charge in [0.25, 0.3) is 0 Å². The van der Waals surface area contributed by atoms with Crippen molar-refractivity contribution in [2.75, 3.05) is 79.6 Å². The van der Waals surface area contributed by atoms with Gasteiger partial charge in [-0.3, -0.25) is 14.6 Å². The molecule has 3 aliphatic heterocycles. The van der Waals surface area contributed by atoms with Crippen LogP contribution in [0, 0.1) is 13.8 Å². The molecule has 1 aromatic rings. The molecule has 0 aromatic heterocycles. The lowest BCUT2D eigenvalue weighted by molar-refractivity contribution is -0.130. The highest BCUT2D eigenvalue weighted by Gasteiger charge is 2.34. The van der Waals surface area contributed by atoms with Gasteiger partial charge < -0.3 is 14.5 Å². The standard InChI is InChI=1S/C28H47N5O3S/c1-6-30-12-7-24(8-13-30)31-15-17-32(18-16-31)25-9-14-33(21-25)27(34)10-11-29(4)37(35)28-22(2)19-26(36-5)20-23(28)3/h19-20,24-25H,6-18,21H2,1-5H3. The van der Waals surface area contributed by atoms with E-state index in [1.807, 2.05) is 37.9 Å². The molecule has 3 saturated heterocycles. The number of carbonyl (C=O) groups is 1. The number of carbonyl (C=O) groups excluding carboxylic acids is 1. The van der Waals surface area contributed by atoms with E-state index >= 15 is 0 Å². The van der Waals surface area contributed by atoms with E-state index in [0.29, 0.717) is 19.0 Å². The fraction of sp³-hybridized carbons (Fsp3) is 0.750. The Labute approximate surface area is 226 Å². The predicted molar refractivity (Wildman–Crippen MR) is 149 cm³/mol. The number of hydrogen-bond acceptors (Lipinski definition) is 6. The first kappa shape index (κ1) is 28.5. The number of likely N-dealkylation sites (tertiary alicyclic amines) is 2.